The third kappa shape index (κ3) is 6.13. The number of hydrogen-bond donors (Lipinski definition) is 0. The molecule has 0 unspecified atom stereocenters. The number of carbonyl (C=O) groups is 1. The minimum absolute atomic E-state index is 0.370. The molecule has 172 valence electrons. The molecule has 3 rings (SSSR count). The molecule has 6 atom stereocenters. The Kier molecular flexibility index (Phi) is 9.03. The van der Waals surface area contributed by atoms with Crippen molar-refractivity contribution in [1.82, 2.24) is 0 Å². The van der Waals surface area contributed by atoms with Crippen LogP contribution in [0.1, 0.15) is 52.5 Å². The van der Waals surface area contributed by atoms with Crippen LogP contribution in [0.3, 0.4) is 0 Å². The highest BCUT2D eigenvalue weighted by atomic mass is 127. The highest BCUT2D eigenvalue weighted by Crippen LogP contribution is 2.50. The Labute approximate surface area is 202 Å². The standard InChI is InChI=1S/C27H39IO3/c1-17(2)27(14-28)25-11-18(3)10-24-23(12-21(29)13-26(24)25)19(4)15-31-16-20-6-8-22(30-5)9-7-20/h6-10,17,19,23-27H,11-16H2,1-5H3/t19-,23+,24-,25-,26+,27-/m1/s1. The molecule has 2 aliphatic rings. The molecule has 4 heteroatoms. The lowest BCUT2D eigenvalue weighted by Crippen LogP contribution is -2.44. The molecule has 31 heavy (non-hydrogen) atoms. The van der Waals surface area contributed by atoms with E-state index in [1.165, 1.54) is 10.0 Å². The lowest BCUT2D eigenvalue weighted by atomic mass is 9.57. The number of fused-ring (bicyclic) bond motifs is 1. The first-order chi connectivity index (χ1) is 14.8. The summed E-state index contributed by atoms with van der Waals surface area (Å²) < 4.78 is 12.5. The van der Waals surface area contributed by atoms with Crippen molar-refractivity contribution in [2.24, 2.45) is 41.4 Å². The summed E-state index contributed by atoms with van der Waals surface area (Å²) in [5.74, 6) is 5.08. The second-order valence-corrected chi connectivity index (χ2v) is 11.0. The van der Waals surface area contributed by atoms with Gasteiger partial charge in [0.05, 0.1) is 13.7 Å². The van der Waals surface area contributed by atoms with Gasteiger partial charge in [-0.3, -0.25) is 4.79 Å². The Balaban J connectivity index is 1.68. The van der Waals surface area contributed by atoms with Gasteiger partial charge >= 0.3 is 0 Å². The number of hydrogen-bond acceptors (Lipinski definition) is 3. The molecule has 0 N–H and O–H groups in total. The van der Waals surface area contributed by atoms with Crippen LogP contribution in [0.15, 0.2) is 35.9 Å². The molecule has 3 nitrogen and oxygen atoms in total. The van der Waals surface area contributed by atoms with Crippen molar-refractivity contribution in [2.45, 2.75) is 53.6 Å². The third-order valence-electron chi connectivity index (χ3n) is 7.62. The van der Waals surface area contributed by atoms with Crippen LogP contribution < -0.4 is 4.74 Å². The first-order valence-electron chi connectivity index (χ1n) is 11.8. The lowest BCUT2D eigenvalue weighted by Gasteiger charge is -2.48. The summed E-state index contributed by atoms with van der Waals surface area (Å²) in [7, 11) is 1.68. The van der Waals surface area contributed by atoms with Gasteiger partial charge in [-0.2, -0.15) is 0 Å². The molecule has 1 fully saturated rings. The molecule has 2 aliphatic carbocycles. The van der Waals surface area contributed by atoms with Crippen molar-refractivity contribution < 1.29 is 14.3 Å². The summed E-state index contributed by atoms with van der Waals surface area (Å²) in [6.07, 6.45) is 5.16. The van der Waals surface area contributed by atoms with Gasteiger partial charge in [0.1, 0.15) is 11.5 Å². The number of ketones is 1. The summed E-state index contributed by atoms with van der Waals surface area (Å²) >= 11 is 2.56. The fraction of sp³-hybridized carbons (Fsp3) is 0.667. The van der Waals surface area contributed by atoms with Crippen LogP contribution >= 0.6 is 22.6 Å². The molecule has 1 aromatic carbocycles. The number of carbonyl (C=O) groups excluding carboxylic acids is 1. The van der Waals surface area contributed by atoms with Crippen molar-refractivity contribution in [2.75, 3.05) is 18.1 Å². The normalized spacial score (nSPS) is 28.1. The van der Waals surface area contributed by atoms with Crippen molar-refractivity contribution in [3.63, 3.8) is 0 Å². The van der Waals surface area contributed by atoms with Gasteiger partial charge in [-0.25, -0.2) is 0 Å². The molecule has 0 aromatic heterocycles. The molecule has 0 amide bonds. The number of halogens is 1. The number of Topliss-reactive ketones (excluding diaryl/α,β-unsaturated/α-hetero) is 1. The molecular formula is C27H39IO3. The molecule has 0 aliphatic heterocycles. The van der Waals surface area contributed by atoms with E-state index in [2.05, 4.69) is 68.5 Å². The van der Waals surface area contributed by atoms with E-state index in [1.54, 1.807) is 7.11 Å². The summed E-state index contributed by atoms with van der Waals surface area (Å²) in [5.41, 5.74) is 2.67. The molecule has 0 heterocycles. The second-order valence-electron chi connectivity index (χ2n) is 10.1. The van der Waals surface area contributed by atoms with Crippen LogP contribution in [0.2, 0.25) is 0 Å². The summed E-state index contributed by atoms with van der Waals surface area (Å²) in [6, 6.07) is 8.05. The van der Waals surface area contributed by atoms with E-state index in [0.717, 1.165) is 24.2 Å². The Morgan fingerprint density at radius 2 is 1.77 bits per heavy atom. The summed E-state index contributed by atoms with van der Waals surface area (Å²) in [6.45, 7) is 10.6. The first-order valence-corrected chi connectivity index (χ1v) is 13.3. The zero-order valence-electron chi connectivity index (χ0n) is 19.8. The number of allylic oxidation sites excluding steroid dienone is 2. The Morgan fingerprint density at radius 1 is 1.06 bits per heavy atom. The first kappa shape index (κ1) is 24.8. The van der Waals surface area contributed by atoms with Crippen LogP contribution in [0, 0.1) is 41.4 Å². The van der Waals surface area contributed by atoms with Crippen molar-refractivity contribution >= 4 is 28.4 Å². The van der Waals surface area contributed by atoms with Crippen molar-refractivity contribution in [1.29, 1.82) is 0 Å². The Hall–Kier alpha value is -0.880. The lowest BCUT2D eigenvalue weighted by molar-refractivity contribution is -0.127. The van der Waals surface area contributed by atoms with Crippen molar-refractivity contribution in [3.8, 4) is 5.75 Å². The molecule has 1 saturated carbocycles. The highest BCUT2D eigenvalue weighted by Gasteiger charge is 2.46. The van der Waals surface area contributed by atoms with E-state index >= 15 is 0 Å². The predicted molar refractivity (Wildman–Crippen MR) is 136 cm³/mol. The van der Waals surface area contributed by atoms with E-state index in [9.17, 15) is 4.79 Å². The number of benzene rings is 1. The molecule has 0 radical (unpaired) electrons. The predicted octanol–water partition coefficient (Wildman–Crippen LogP) is 6.73. The zero-order chi connectivity index (χ0) is 22.5. The SMILES string of the molecule is COc1ccc(COC[C@@H](C)[C@@H]2CC(=O)C[C@H]3[C@@H]2C=C(C)C[C@H]3[C@H](CI)C(C)C)cc1. The zero-order valence-corrected chi connectivity index (χ0v) is 21.9. The average Bonchev–Trinajstić information content (AvgIpc) is 2.74. The van der Waals surface area contributed by atoms with E-state index < -0.39 is 0 Å². The molecule has 0 bridgehead atoms. The van der Waals surface area contributed by atoms with Crippen LogP contribution in [0.5, 0.6) is 5.75 Å². The molecule has 0 saturated heterocycles. The fourth-order valence-corrected chi connectivity index (χ4v) is 7.52. The number of ether oxygens (including phenoxy) is 2. The minimum Gasteiger partial charge on any atom is -0.497 e. The van der Waals surface area contributed by atoms with Gasteiger partial charge in [-0.05, 0) is 72.5 Å². The number of alkyl halides is 1. The van der Waals surface area contributed by atoms with Gasteiger partial charge in [-0.15, -0.1) is 0 Å². The minimum atomic E-state index is 0.370. The third-order valence-corrected chi connectivity index (χ3v) is 8.64. The summed E-state index contributed by atoms with van der Waals surface area (Å²) in [4.78, 5) is 12.8. The van der Waals surface area contributed by atoms with Crippen LogP contribution in [-0.4, -0.2) is 23.9 Å². The van der Waals surface area contributed by atoms with Gasteiger partial charge in [0, 0.05) is 23.9 Å². The Bertz CT molecular complexity index is 754. The van der Waals surface area contributed by atoms with Gasteiger partial charge in [0.2, 0.25) is 0 Å². The van der Waals surface area contributed by atoms with E-state index in [4.69, 9.17) is 9.47 Å². The van der Waals surface area contributed by atoms with E-state index in [1.807, 2.05) is 12.1 Å². The molecule has 0 spiro atoms. The monoisotopic (exact) mass is 538 g/mol. The van der Waals surface area contributed by atoms with Crippen LogP contribution in [-0.2, 0) is 16.1 Å². The highest BCUT2D eigenvalue weighted by molar-refractivity contribution is 14.1. The van der Waals surface area contributed by atoms with Crippen LogP contribution in [0.25, 0.3) is 0 Å². The van der Waals surface area contributed by atoms with Gasteiger partial charge in [-0.1, -0.05) is 67.1 Å². The average molecular weight is 539 g/mol. The quantitative estimate of drug-likeness (QED) is 0.199. The van der Waals surface area contributed by atoms with Gasteiger partial charge in [0.15, 0.2) is 0 Å². The molecule has 1 aromatic rings. The second kappa shape index (κ2) is 11.3. The maximum atomic E-state index is 12.8. The maximum Gasteiger partial charge on any atom is 0.133 e. The maximum absolute atomic E-state index is 12.8. The van der Waals surface area contributed by atoms with E-state index in [-0.39, 0.29) is 0 Å². The smallest absolute Gasteiger partial charge is 0.133 e. The number of rotatable bonds is 9. The summed E-state index contributed by atoms with van der Waals surface area (Å²) in [5, 5.41) is 0. The fourth-order valence-electron chi connectivity index (χ4n) is 5.85. The van der Waals surface area contributed by atoms with Crippen LogP contribution in [0.4, 0.5) is 0 Å². The number of methoxy groups -OCH3 is 1. The largest absolute Gasteiger partial charge is 0.497 e. The Morgan fingerprint density at radius 3 is 2.39 bits per heavy atom. The van der Waals surface area contributed by atoms with Gasteiger partial charge in [0.25, 0.3) is 0 Å². The topological polar surface area (TPSA) is 35.5 Å². The molecular weight excluding hydrogens is 499 g/mol. The van der Waals surface area contributed by atoms with E-state index in [0.29, 0.717) is 66.8 Å². The van der Waals surface area contributed by atoms with Gasteiger partial charge < -0.3 is 9.47 Å². The van der Waals surface area contributed by atoms with Crippen molar-refractivity contribution in [3.05, 3.63) is 41.5 Å².